The Morgan fingerprint density at radius 2 is 1.73 bits per heavy atom. The third kappa shape index (κ3) is 1.71. The van der Waals surface area contributed by atoms with Crippen molar-refractivity contribution in [1.82, 2.24) is 4.90 Å². The van der Waals surface area contributed by atoms with E-state index in [0.29, 0.717) is 5.41 Å². The second-order valence-corrected chi connectivity index (χ2v) is 5.75. The van der Waals surface area contributed by atoms with Crippen LogP contribution in [0.25, 0.3) is 0 Å². The number of rotatable bonds is 3. The molecule has 86 valence electrons. The molecule has 0 N–H and O–H groups in total. The SMILES string of the molecule is CC1(C)[C@H]2CN(CCC3OCCO3)C[C@@H]21. The first-order valence-electron chi connectivity index (χ1n) is 6.13. The van der Waals surface area contributed by atoms with Gasteiger partial charge in [0.05, 0.1) is 13.2 Å². The molecular weight excluding hydrogens is 190 g/mol. The lowest BCUT2D eigenvalue weighted by Crippen LogP contribution is -2.29. The Bertz CT molecular complexity index is 234. The van der Waals surface area contributed by atoms with E-state index >= 15 is 0 Å². The summed E-state index contributed by atoms with van der Waals surface area (Å²) < 4.78 is 10.9. The number of piperidine rings is 1. The van der Waals surface area contributed by atoms with Crippen LogP contribution in [0.2, 0.25) is 0 Å². The highest BCUT2D eigenvalue weighted by molar-refractivity contribution is 5.11. The Hall–Kier alpha value is -0.120. The second kappa shape index (κ2) is 3.44. The van der Waals surface area contributed by atoms with E-state index in [4.69, 9.17) is 9.47 Å². The van der Waals surface area contributed by atoms with Crippen LogP contribution in [0, 0.1) is 17.3 Å². The van der Waals surface area contributed by atoms with E-state index in [2.05, 4.69) is 18.7 Å². The minimum Gasteiger partial charge on any atom is -0.350 e. The van der Waals surface area contributed by atoms with Crippen molar-refractivity contribution in [3.63, 3.8) is 0 Å². The Morgan fingerprint density at radius 1 is 1.13 bits per heavy atom. The first kappa shape index (κ1) is 10.1. The van der Waals surface area contributed by atoms with Crippen molar-refractivity contribution in [2.45, 2.75) is 26.6 Å². The first-order chi connectivity index (χ1) is 7.18. The molecule has 3 rings (SSSR count). The number of nitrogens with zero attached hydrogens (tertiary/aromatic N) is 1. The summed E-state index contributed by atoms with van der Waals surface area (Å²) in [6.07, 6.45) is 1.12. The Kier molecular flexibility index (Phi) is 2.31. The van der Waals surface area contributed by atoms with Crippen LogP contribution in [0.1, 0.15) is 20.3 Å². The molecule has 0 bridgehead atoms. The predicted molar refractivity (Wildman–Crippen MR) is 57.5 cm³/mol. The molecule has 2 heterocycles. The lowest BCUT2D eigenvalue weighted by molar-refractivity contribution is -0.0513. The second-order valence-electron chi connectivity index (χ2n) is 5.75. The Labute approximate surface area is 91.7 Å². The molecule has 3 fully saturated rings. The monoisotopic (exact) mass is 211 g/mol. The molecule has 0 aromatic carbocycles. The van der Waals surface area contributed by atoms with Crippen molar-refractivity contribution in [1.29, 1.82) is 0 Å². The van der Waals surface area contributed by atoms with Gasteiger partial charge in [-0.05, 0) is 17.3 Å². The van der Waals surface area contributed by atoms with Crippen molar-refractivity contribution >= 4 is 0 Å². The quantitative estimate of drug-likeness (QED) is 0.703. The van der Waals surface area contributed by atoms with Crippen molar-refractivity contribution in [2.24, 2.45) is 17.3 Å². The third-order valence-corrected chi connectivity index (χ3v) is 4.57. The van der Waals surface area contributed by atoms with Gasteiger partial charge in [-0.3, -0.25) is 0 Å². The number of likely N-dealkylation sites (tertiary alicyclic amines) is 1. The Morgan fingerprint density at radius 3 is 2.33 bits per heavy atom. The number of fused-ring (bicyclic) bond motifs is 1. The zero-order valence-electron chi connectivity index (χ0n) is 9.74. The zero-order chi connectivity index (χ0) is 10.5. The molecule has 0 aromatic rings. The average molecular weight is 211 g/mol. The summed E-state index contributed by atoms with van der Waals surface area (Å²) in [5.41, 5.74) is 0.636. The van der Waals surface area contributed by atoms with E-state index in [1.165, 1.54) is 13.1 Å². The summed E-state index contributed by atoms with van der Waals surface area (Å²) in [6.45, 7) is 10.1. The molecule has 3 nitrogen and oxygen atoms in total. The highest BCUT2D eigenvalue weighted by Gasteiger charge is 2.61. The summed E-state index contributed by atoms with van der Waals surface area (Å²) >= 11 is 0. The number of ether oxygens (including phenoxy) is 2. The maximum Gasteiger partial charge on any atom is 0.159 e. The van der Waals surface area contributed by atoms with Crippen LogP contribution in [0.5, 0.6) is 0 Å². The molecule has 1 saturated carbocycles. The smallest absolute Gasteiger partial charge is 0.159 e. The van der Waals surface area contributed by atoms with E-state index in [-0.39, 0.29) is 6.29 Å². The molecule has 2 aliphatic heterocycles. The summed E-state index contributed by atoms with van der Waals surface area (Å²) in [5, 5.41) is 0. The lowest BCUT2D eigenvalue weighted by Gasteiger charge is -2.22. The van der Waals surface area contributed by atoms with Crippen LogP contribution in [-0.4, -0.2) is 44.0 Å². The third-order valence-electron chi connectivity index (χ3n) is 4.57. The van der Waals surface area contributed by atoms with Gasteiger partial charge in [0, 0.05) is 26.1 Å². The molecular formula is C12H21NO2. The molecule has 2 saturated heterocycles. The zero-order valence-corrected chi connectivity index (χ0v) is 9.74. The fourth-order valence-electron chi connectivity index (χ4n) is 3.26. The first-order valence-corrected chi connectivity index (χ1v) is 6.13. The van der Waals surface area contributed by atoms with Gasteiger partial charge >= 0.3 is 0 Å². The molecule has 3 aliphatic rings. The van der Waals surface area contributed by atoms with E-state index in [1.54, 1.807) is 0 Å². The minimum atomic E-state index is 0.0786. The van der Waals surface area contributed by atoms with Gasteiger partial charge < -0.3 is 14.4 Å². The minimum absolute atomic E-state index is 0.0786. The number of hydrogen-bond donors (Lipinski definition) is 0. The summed E-state index contributed by atoms with van der Waals surface area (Å²) in [7, 11) is 0. The Balaban J connectivity index is 1.40. The van der Waals surface area contributed by atoms with Crippen molar-refractivity contribution < 1.29 is 9.47 Å². The molecule has 0 unspecified atom stereocenters. The number of hydrogen-bond acceptors (Lipinski definition) is 3. The van der Waals surface area contributed by atoms with Crippen LogP contribution >= 0.6 is 0 Å². The fourth-order valence-corrected chi connectivity index (χ4v) is 3.26. The largest absolute Gasteiger partial charge is 0.350 e. The predicted octanol–water partition coefficient (Wildman–Crippen LogP) is 1.34. The average Bonchev–Trinajstić information content (AvgIpc) is 2.76. The van der Waals surface area contributed by atoms with E-state index in [9.17, 15) is 0 Å². The molecule has 0 amide bonds. The standard InChI is InChI=1S/C12H21NO2/c1-12(2)9-7-13(8-10(9)12)4-3-11-14-5-6-15-11/h9-11H,3-8H2,1-2H3/t9-,10-/m0/s1. The molecule has 0 aromatic heterocycles. The topological polar surface area (TPSA) is 21.7 Å². The van der Waals surface area contributed by atoms with Gasteiger partial charge in [0.25, 0.3) is 0 Å². The molecule has 15 heavy (non-hydrogen) atoms. The van der Waals surface area contributed by atoms with Crippen LogP contribution < -0.4 is 0 Å². The fraction of sp³-hybridized carbons (Fsp3) is 1.00. The highest BCUT2D eigenvalue weighted by Crippen LogP contribution is 2.61. The molecule has 2 atom stereocenters. The van der Waals surface area contributed by atoms with Gasteiger partial charge in [-0.1, -0.05) is 13.8 Å². The van der Waals surface area contributed by atoms with Gasteiger partial charge in [-0.15, -0.1) is 0 Å². The maximum atomic E-state index is 5.44. The molecule has 3 heteroatoms. The normalized spacial score (nSPS) is 39.6. The molecule has 1 aliphatic carbocycles. The van der Waals surface area contributed by atoms with Gasteiger partial charge in [0.1, 0.15) is 0 Å². The van der Waals surface area contributed by atoms with Crippen LogP contribution in [-0.2, 0) is 9.47 Å². The lowest BCUT2D eigenvalue weighted by atomic mass is 10.1. The van der Waals surface area contributed by atoms with Gasteiger partial charge in [0.2, 0.25) is 0 Å². The molecule has 0 spiro atoms. The van der Waals surface area contributed by atoms with Gasteiger partial charge in [0.15, 0.2) is 6.29 Å². The maximum absolute atomic E-state index is 5.44. The summed E-state index contributed by atoms with van der Waals surface area (Å²) in [6, 6.07) is 0. The summed E-state index contributed by atoms with van der Waals surface area (Å²) in [4.78, 5) is 2.58. The van der Waals surface area contributed by atoms with Crippen molar-refractivity contribution in [3.05, 3.63) is 0 Å². The van der Waals surface area contributed by atoms with Crippen LogP contribution in [0.4, 0.5) is 0 Å². The highest BCUT2D eigenvalue weighted by atomic mass is 16.7. The van der Waals surface area contributed by atoms with Crippen molar-refractivity contribution in [3.8, 4) is 0 Å². The van der Waals surface area contributed by atoms with Gasteiger partial charge in [-0.25, -0.2) is 0 Å². The van der Waals surface area contributed by atoms with E-state index in [1.807, 2.05) is 0 Å². The van der Waals surface area contributed by atoms with E-state index < -0.39 is 0 Å². The van der Waals surface area contributed by atoms with Gasteiger partial charge in [-0.2, -0.15) is 0 Å². The van der Waals surface area contributed by atoms with Crippen LogP contribution in [0.15, 0.2) is 0 Å². The summed E-state index contributed by atoms with van der Waals surface area (Å²) in [5.74, 6) is 1.92. The van der Waals surface area contributed by atoms with E-state index in [0.717, 1.165) is 38.0 Å². The van der Waals surface area contributed by atoms with Crippen LogP contribution in [0.3, 0.4) is 0 Å². The van der Waals surface area contributed by atoms with Crippen molar-refractivity contribution in [2.75, 3.05) is 32.8 Å². The molecule has 0 radical (unpaired) electrons.